The van der Waals surface area contributed by atoms with Crippen LogP contribution in [0.25, 0.3) is 0 Å². The third-order valence-corrected chi connectivity index (χ3v) is 2.52. The number of aryl methyl sites for hydroxylation is 2. The number of anilines is 1. The quantitative estimate of drug-likeness (QED) is 0.769. The van der Waals surface area contributed by atoms with Crippen LogP contribution in [0.1, 0.15) is 5.69 Å². The van der Waals surface area contributed by atoms with Crippen molar-refractivity contribution in [1.29, 1.82) is 0 Å². The van der Waals surface area contributed by atoms with E-state index in [1.165, 1.54) is 0 Å². The van der Waals surface area contributed by atoms with Gasteiger partial charge in [-0.1, -0.05) is 0 Å². The van der Waals surface area contributed by atoms with E-state index >= 15 is 0 Å². The molecule has 2 heterocycles. The number of halogens is 1. The van der Waals surface area contributed by atoms with Crippen LogP contribution in [0.2, 0.25) is 0 Å². The van der Waals surface area contributed by atoms with E-state index in [4.69, 9.17) is 0 Å². The molecule has 0 unspecified atom stereocenters. The predicted molar refractivity (Wildman–Crippen MR) is 60.2 cm³/mol. The molecule has 1 saturated heterocycles. The molecule has 15 heavy (non-hydrogen) atoms. The van der Waals surface area contributed by atoms with Gasteiger partial charge in [0.1, 0.15) is 0 Å². The van der Waals surface area contributed by atoms with Crippen molar-refractivity contribution in [3.63, 3.8) is 0 Å². The molecule has 0 atom stereocenters. The smallest absolute Gasteiger partial charge is 0.231 e. The maximum atomic E-state index is 11.5. The van der Waals surface area contributed by atoms with Gasteiger partial charge in [-0.3, -0.25) is 9.48 Å². The highest BCUT2D eigenvalue weighted by Crippen LogP contribution is 2.10. The van der Waals surface area contributed by atoms with Crippen molar-refractivity contribution in [2.45, 2.75) is 6.92 Å². The second-order valence-electron chi connectivity index (χ2n) is 3.64. The fraction of sp³-hybridized carbons (Fsp3) is 0.556. The second-order valence-corrected chi connectivity index (χ2v) is 3.64. The van der Waals surface area contributed by atoms with E-state index in [1.54, 1.807) is 4.68 Å². The third-order valence-electron chi connectivity index (χ3n) is 2.52. The van der Waals surface area contributed by atoms with Crippen LogP contribution in [0.4, 0.5) is 5.82 Å². The van der Waals surface area contributed by atoms with E-state index in [0.717, 1.165) is 18.8 Å². The molecule has 0 saturated carbocycles. The molecular weight excluding hydrogens is 216 g/mol. The first-order chi connectivity index (χ1) is 6.66. The lowest BCUT2D eigenvalue weighted by molar-refractivity contribution is -0.121. The Kier molecular flexibility index (Phi) is 3.71. The van der Waals surface area contributed by atoms with Crippen LogP contribution in [0.15, 0.2) is 6.07 Å². The highest BCUT2D eigenvalue weighted by molar-refractivity contribution is 5.92. The van der Waals surface area contributed by atoms with Gasteiger partial charge in [-0.25, -0.2) is 0 Å². The van der Waals surface area contributed by atoms with E-state index in [1.807, 2.05) is 20.0 Å². The van der Waals surface area contributed by atoms with Gasteiger partial charge in [0.15, 0.2) is 5.82 Å². The lowest BCUT2D eigenvalue weighted by atomic mass is 10.0. The molecule has 5 nitrogen and oxygen atoms in total. The summed E-state index contributed by atoms with van der Waals surface area (Å²) in [5.74, 6) is 0.807. The minimum absolute atomic E-state index is 0. The Morgan fingerprint density at radius 3 is 2.73 bits per heavy atom. The first-order valence-corrected chi connectivity index (χ1v) is 4.69. The number of carbonyl (C=O) groups excluding carboxylic acids is 1. The van der Waals surface area contributed by atoms with Gasteiger partial charge in [-0.15, -0.1) is 12.4 Å². The first-order valence-electron chi connectivity index (χ1n) is 4.69. The zero-order valence-corrected chi connectivity index (χ0v) is 9.60. The van der Waals surface area contributed by atoms with Crippen LogP contribution in [-0.4, -0.2) is 28.8 Å². The van der Waals surface area contributed by atoms with Gasteiger partial charge in [-0.2, -0.15) is 5.10 Å². The fourth-order valence-corrected chi connectivity index (χ4v) is 1.32. The van der Waals surface area contributed by atoms with Crippen LogP contribution < -0.4 is 10.6 Å². The van der Waals surface area contributed by atoms with E-state index in [2.05, 4.69) is 15.7 Å². The summed E-state index contributed by atoms with van der Waals surface area (Å²) in [6.45, 7) is 3.50. The molecule has 0 radical (unpaired) electrons. The summed E-state index contributed by atoms with van der Waals surface area (Å²) < 4.78 is 1.74. The largest absolute Gasteiger partial charge is 0.315 e. The maximum absolute atomic E-state index is 11.5. The molecule has 1 amide bonds. The third kappa shape index (κ3) is 2.49. The number of hydrogen-bond acceptors (Lipinski definition) is 3. The van der Waals surface area contributed by atoms with Gasteiger partial charge >= 0.3 is 0 Å². The number of rotatable bonds is 2. The summed E-state index contributed by atoms with van der Waals surface area (Å²) in [6.07, 6.45) is 0. The van der Waals surface area contributed by atoms with Crippen LogP contribution in [0.5, 0.6) is 0 Å². The molecule has 0 aliphatic carbocycles. The summed E-state index contributed by atoms with van der Waals surface area (Å²) in [7, 11) is 1.86. The minimum Gasteiger partial charge on any atom is -0.315 e. The Bertz CT molecular complexity index is 339. The Hall–Kier alpha value is -1.07. The molecule has 2 N–H and O–H groups in total. The van der Waals surface area contributed by atoms with E-state index in [9.17, 15) is 4.79 Å². The van der Waals surface area contributed by atoms with E-state index in [-0.39, 0.29) is 24.2 Å². The fourth-order valence-electron chi connectivity index (χ4n) is 1.32. The lowest BCUT2D eigenvalue weighted by Crippen LogP contribution is -2.48. The Balaban J connectivity index is 0.00000112. The number of amides is 1. The van der Waals surface area contributed by atoms with Gasteiger partial charge < -0.3 is 10.6 Å². The molecule has 84 valence electrons. The molecule has 1 aromatic rings. The summed E-state index contributed by atoms with van der Waals surface area (Å²) in [5.41, 5.74) is 1.03. The maximum Gasteiger partial charge on any atom is 0.231 e. The van der Waals surface area contributed by atoms with Gasteiger partial charge in [0, 0.05) is 31.9 Å². The number of aromatic nitrogens is 2. The van der Waals surface area contributed by atoms with Gasteiger partial charge in [-0.05, 0) is 6.92 Å². The summed E-state index contributed by atoms with van der Waals surface area (Å²) in [5, 5.41) is 10.0. The highest BCUT2D eigenvalue weighted by atomic mass is 35.5. The average Bonchev–Trinajstić information content (AvgIpc) is 2.26. The summed E-state index contributed by atoms with van der Waals surface area (Å²) in [6, 6.07) is 1.87. The van der Waals surface area contributed by atoms with Crippen molar-refractivity contribution in [1.82, 2.24) is 15.1 Å². The van der Waals surface area contributed by atoms with Gasteiger partial charge in [0.25, 0.3) is 0 Å². The van der Waals surface area contributed by atoms with Crippen LogP contribution in [-0.2, 0) is 11.8 Å². The van der Waals surface area contributed by atoms with Crippen molar-refractivity contribution in [2.24, 2.45) is 13.0 Å². The Labute approximate surface area is 94.6 Å². The topological polar surface area (TPSA) is 59.0 Å². The molecule has 1 aliphatic heterocycles. The van der Waals surface area contributed by atoms with Crippen molar-refractivity contribution < 1.29 is 4.79 Å². The van der Waals surface area contributed by atoms with Crippen molar-refractivity contribution in [2.75, 3.05) is 18.4 Å². The van der Waals surface area contributed by atoms with Crippen molar-refractivity contribution in [3.8, 4) is 0 Å². The average molecular weight is 231 g/mol. The predicted octanol–water partition coefficient (Wildman–Crippen LogP) is 0.308. The highest BCUT2D eigenvalue weighted by Gasteiger charge is 2.25. The number of nitrogens with zero attached hydrogens (tertiary/aromatic N) is 2. The Morgan fingerprint density at radius 2 is 2.33 bits per heavy atom. The molecule has 1 aromatic heterocycles. The zero-order valence-electron chi connectivity index (χ0n) is 8.78. The molecule has 6 heteroatoms. The van der Waals surface area contributed by atoms with Crippen molar-refractivity contribution in [3.05, 3.63) is 11.8 Å². The minimum atomic E-state index is 0. The van der Waals surface area contributed by atoms with Gasteiger partial charge in [0.2, 0.25) is 5.91 Å². The first kappa shape index (κ1) is 12.0. The van der Waals surface area contributed by atoms with Crippen molar-refractivity contribution >= 4 is 24.1 Å². The molecule has 1 aliphatic rings. The molecule has 1 fully saturated rings. The normalized spacial score (nSPS) is 15.3. The number of carbonyl (C=O) groups is 1. The van der Waals surface area contributed by atoms with Crippen LogP contribution >= 0.6 is 12.4 Å². The monoisotopic (exact) mass is 230 g/mol. The van der Waals surface area contributed by atoms with Crippen LogP contribution in [0, 0.1) is 12.8 Å². The molecule has 0 spiro atoms. The van der Waals surface area contributed by atoms with Crippen LogP contribution in [0.3, 0.4) is 0 Å². The zero-order chi connectivity index (χ0) is 10.1. The SMILES string of the molecule is Cc1cc(NC(=O)C2CNC2)nn1C.Cl. The summed E-state index contributed by atoms with van der Waals surface area (Å²) in [4.78, 5) is 11.5. The molecule has 0 bridgehead atoms. The molecule has 0 aromatic carbocycles. The standard InChI is InChI=1S/C9H14N4O.ClH/c1-6-3-8(12-13(6)2)11-9(14)7-4-10-5-7;/h3,7,10H,4-5H2,1-2H3,(H,11,12,14);1H. The second kappa shape index (κ2) is 4.63. The van der Waals surface area contributed by atoms with Gasteiger partial charge in [0.05, 0.1) is 5.92 Å². The lowest BCUT2D eigenvalue weighted by Gasteiger charge is -2.25. The molecular formula is C9H15ClN4O. The summed E-state index contributed by atoms with van der Waals surface area (Å²) >= 11 is 0. The Morgan fingerprint density at radius 1 is 1.67 bits per heavy atom. The molecule has 2 rings (SSSR count). The number of hydrogen-bond donors (Lipinski definition) is 2. The van der Waals surface area contributed by atoms with E-state index in [0.29, 0.717) is 5.82 Å². The van der Waals surface area contributed by atoms with E-state index < -0.39 is 0 Å². The number of nitrogens with one attached hydrogen (secondary N) is 2.